The Kier molecular flexibility index (Phi) is 9.57. The summed E-state index contributed by atoms with van der Waals surface area (Å²) in [5.74, 6) is 4.77. The third-order valence-electron chi connectivity index (χ3n) is 6.11. The molecular weight excluding hydrogens is 538 g/mol. The van der Waals surface area contributed by atoms with Crippen LogP contribution in [0.1, 0.15) is 25.1 Å². The minimum Gasteiger partial charge on any atom is -1.00 e. The van der Waals surface area contributed by atoms with Crippen LogP contribution in [0.4, 0.5) is 0 Å². The van der Waals surface area contributed by atoms with Crippen LogP contribution in [-0.4, -0.2) is 23.9 Å². The number of allylic oxidation sites excluding steroid dienone is 4. The van der Waals surface area contributed by atoms with E-state index >= 15 is 0 Å². The fraction of sp³-hybridized carbons (Fsp3) is 0.0625. The molecule has 4 aromatic carbocycles. The molecule has 2 aliphatic heterocycles. The van der Waals surface area contributed by atoms with Gasteiger partial charge < -0.3 is 2.85 Å². The fourth-order valence-corrected chi connectivity index (χ4v) is 6.91. The van der Waals surface area contributed by atoms with Gasteiger partial charge in [-0.2, -0.15) is 0 Å². The molecule has 0 nitrogen and oxygen atoms in total. The number of hydrogen-bond acceptors (Lipinski definition) is 0. The molecule has 6 rings (SSSR count). The van der Waals surface area contributed by atoms with Crippen molar-refractivity contribution in [1.82, 2.24) is 0 Å². The minimum absolute atomic E-state index is 0. The Bertz CT molecular complexity index is 1260. The van der Waals surface area contributed by atoms with Crippen LogP contribution in [0.25, 0.3) is 22.3 Å². The van der Waals surface area contributed by atoms with Gasteiger partial charge in [-0.25, -0.2) is 0 Å². The first-order chi connectivity index (χ1) is 16.9. The van der Waals surface area contributed by atoms with Gasteiger partial charge in [0.15, 0.2) is 0 Å². The van der Waals surface area contributed by atoms with Gasteiger partial charge in [-0.05, 0) is 22.3 Å². The SMILES string of the molecule is C1=[PH+]CC(c2ccccc2)=C1c1ccccc1.C1=[PH+]CC(c2ccccc2)=C1c1ccccc1.[H-].[H-].[Zr+2]. The van der Waals surface area contributed by atoms with Crippen LogP contribution in [-0.2, 0) is 26.2 Å². The molecule has 3 heteroatoms. The van der Waals surface area contributed by atoms with Gasteiger partial charge in [-0.3, -0.25) is 0 Å². The predicted octanol–water partition coefficient (Wildman–Crippen LogP) is 8.41. The normalized spacial score (nSPS) is 14.9. The Morgan fingerprint density at radius 1 is 0.400 bits per heavy atom. The molecular formula is C32H30P2Zr+2. The first-order valence-corrected chi connectivity index (χ1v) is 14.3. The zero-order valence-electron chi connectivity index (χ0n) is 21.6. The van der Waals surface area contributed by atoms with E-state index < -0.39 is 0 Å². The maximum absolute atomic E-state index is 2.39. The Morgan fingerprint density at radius 2 is 0.686 bits per heavy atom. The van der Waals surface area contributed by atoms with Crippen LogP contribution in [0.15, 0.2) is 121 Å². The van der Waals surface area contributed by atoms with Crippen molar-refractivity contribution in [2.75, 3.05) is 12.3 Å². The van der Waals surface area contributed by atoms with Gasteiger partial charge in [0, 0.05) is 22.3 Å². The van der Waals surface area contributed by atoms with E-state index in [1.807, 2.05) is 0 Å². The van der Waals surface area contributed by atoms with Crippen LogP contribution in [0.5, 0.6) is 0 Å². The molecule has 0 N–H and O–H groups in total. The molecule has 0 fully saturated rings. The molecule has 2 aliphatic rings. The van der Waals surface area contributed by atoms with Gasteiger partial charge >= 0.3 is 26.2 Å². The van der Waals surface area contributed by atoms with Crippen molar-refractivity contribution in [2.45, 2.75) is 0 Å². The van der Waals surface area contributed by atoms with Crippen molar-refractivity contribution >= 4 is 50.3 Å². The number of hydrogen-bond donors (Lipinski definition) is 0. The van der Waals surface area contributed by atoms with Gasteiger partial charge in [0.2, 0.25) is 0 Å². The monoisotopic (exact) mass is 566 g/mol. The van der Waals surface area contributed by atoms with Crippen molar-refractivity contribution < 1.29 is 29.1 Å². The smallest absolute Gasteiger partial charge is 1.00 e. The van der Waals surface area contributed by atoms with Crippen molar-refractivity contribution in [1.29, 1.82) is 0 Å². The maximum atomic E-state index is 2.39. The zero-order chi connectivity index (χ0) is 23.0. The van der Waals surface area contributed by atoms with E-state index in [9.17, 15) is 0 Å². The first kappa shape index (κ1) is 25.7. The van der Waals surface area contributed by atoms with E-state index in [0.29, 0.717) is 0 Å². The summed E-state index contributed by atoms with van der Waals surface area (Å²) < 4.78 is 0. The van der Waals surface area contributed by atoms with E-state index in [-0.39, 0.29) is 29.1 Å². The molecule has 0 bridgehead atoms. The van der Waals surface area contributed by atoms with E-state index in [4.69, 9.17) is 0 Å². The Morgan fingerprint density at radius 3 is 1.00 bits per heavy atom. The summed E-state index contributed by atoms with van der Waals surface area (Å²) in [6.07, 6.45) is 2.38. The zero-order valence-corrected chi connectivity index (χ0v) is 24.1. The summed E-state index contributed by atoms with van der Waals surface area (Å²) in [7, 11) is 1.84. The van der Waals surface area contributed by atoms with Gasteiger partial charge in [0.05, 0.1) is 16.4 Å². The van der Waals surface area contributed by atoms with Gasteiger partial charge in [0.1, 0.15) is 23.9 Å². The summed E-state index contributed by atoms with van der Waals surface area (Å²) in [6, 6.07) is 42.9. The first-order valence-electron chi connectivity index (χ1n) is 11.7. The van der Waals surface area contributed by atoms with Crippen molar-refractivity contribution in [3.63, 3.8) is 0 Å². The summed E-state index contributed by atoms with van der Waals surface area (Å²) in [4.78, 5) is 0. The average molecular weight is 568 g/mol. The Hall–Kier alpha value is -2.42. The molecule has 0 radical (unpaired) electrons. The summed E-state index contributed by atoms with van der Waals surface area (Å²) in [5.41, 5.74) is 11.3. The second-order valence-corrected chi connectivity index (χ2v) is 10.4. The molecule has 170 valence electrons. The predicted molar refractivity (Wildman–Crippen MR) is 160 cm³/mol. The van der Waals surface area contributed by atoms with E-state index in [1.54, 1.807) is 0 Å². The minimum atomic E-state index is 0. The Labute approximate surface area is 234 Å². The van der Waals surface area contributed by atoms with Crippen molar-refractivity contribution in [3.05, 3.63) is 144 Å². The molecule has 35 heavy (non-hydrogen) atoms. The van der Waals surface area contributed by atoms with Crippen molar-refractivity contribution in [2.24, 2.45) is 0 Å². The molecule has 0 spiro atoms. The van der Waals surface area contributed by atoms with Crippen LogP contribution in [0.2, 0.25) is 0 Å². The van der Waals surface area contributed by atoms with Crippen LogP contribution in [0.3, 0.4) is 0 Å². The second-order valence-electron chi connectivity index (χ2n) is 8.30. The van der Waals surface area contributed by atoms with Gasteiger partial charge in [-0.1, -0.05) is 121 Å². The molecule has 0 aromatic heterocycles. The van der Waals surface area contributed by atoms with E-state index in [2.05, 4.69) is 133 Å². The molecule has 2 atom stereocenters. The second kappa shape index (κ2) is 13.0. The van der Waals surface area contributed by atoms with Crippen LogP contribution >= 0.6 is 16.4 Å². The number of rotatable bonds is 4. The average Bonchev–Trinajstić information content (AvgIpc) is 3.62. The summed E-state index contributed by atoms with van der Waals surface area (Å²) in [5, 5.41) is 0. The van der Waals surface area contributed by atoms with Gasteiger partial charge in [0.25, 0.3) is 0 Å². The van der Waals surface area contributed by atoms with Gasteiger partial charge in [-0.15, -0.1) is 0 Å². The molecule has 0 saturated carbocycles. The Balaban J connectivity index is 0.000000241. The maximum Gasteiger partial charge on any atom is 2.00 e. The quantitative estimate of drug-likeness (QED) is 0.217. The number of benzene rings is 4. The summed E-state index contributed by atoms with van der Waals surface area (Å²) in [6.45, 7) is 0. The largest absolute Gasteiger partial charge is 2.00 e. The molecule has 2 unspecified atom stereocenters. The van der Waals surface area contributed by atoms with Crippen LogP contribution < -0.4 is 0 Å². The third-order valence-corrected chi connectivity index (χ3v) is 8.22. The molecule has 0 amide bonds. The fourth-order valence-electron chi connectivity index (χ4n) is 4.42. The van der Waals surface area contributed by atoms with Crippen LogP contribution in [0, 0.1) is 0 Å². The molecule has 0 saturated heterocycles. The third kappa shape index (κ3) is 6.43. The van der Waals surface area contributed by atoms with E-state index in [1.165, 1.54) is 56.9 Å². The standard InChI is InChI=1S/2C16H13P.Zr.2H/c2*1-3-7-13(8-4-1)15-11-17-12-16(15)14-9-5-2-6-10-14;;;/h2*1-11H,12H2;;;/q;;+2;2*-1/p+2. The molecule has 4 aromatic rings. The summed E-state index contributed by atoms with van der Waals surface area (Å²) >= 11 is 0. The molecule has 2 heterocycles. The van der Waals surface area contributed by atoms with Crippen molar-refractivity contribution in [3.8, 4) is 0 Å². The van der Waals surface area contributed by atoms with E-state index in [0.717, 1.165) is 16.4 Å². The topological polar surface area (TPSA) is 0 Å². The molecule has 0 aliphatic carbocycles.